The molecule has 1 saturated heterocycles. The van der Waals surface area contributed by atoms with Crippen LogP contribution in [-0.4, -0.2) is 54.6 Å². The van der Waals surface area contributed by atoms with E-state index in [-0.39, 0.29) is 23.4 Å². The number of aliphatic hydroxyl groups is 1. The van der Waals surface area contributed by atoms with Crippen LogP contribution >= 0.6 is 11.6 Å². The molecule has 3 N–H and O–H groups in total. The van der Waals surface area contributed by atoms with Gasteiger partial charge in [-0.25, -0.2) is 4.98 Å². The molecule has 0 aromatic carbocycles. The average molecular weight is 443 g/mol. The molecular weight excluding hydrogens is 416 g/mol. The van der Waals surface area contributed by atoms with Gasteiger partial charge in [0.15, 0.2) is 0 Å². The van der Waals surface area contributed by atoms with E-state index < -0.39 is 6.10 Å². The Balaban J connectivity index is 1.74. The Hall–Kier alpha value is -2.71. The third-order valence-electron chi connectivity index (χ3n) is 6.07. The lowest BCUT2D eigenvalue weighted by molar-refractivity contribution is -0.129. The van der Waals surface area contributed by atoms with E-state index in [2.05, 4.69) is 35.7 Å². The molecular formula is C22H27ClN6O2. The number of pyridine rings is 1. The molecule has 3 aromatic rings. The molecule has 1 atom stereocenters. The molecule has 1 aliphatic heterocycles. The molecule has 0 spiro atoms. The fourth-order valence-corrected chi connectivity index (χ4v) is 4.71. The second kappa shape index (κ2) is 8.43. The number of amides is 1. The minimum Gasteiger partial charge on any atom is -0.391 e. The number of nitrogen functional groups attached to an aromatic ring is 1. The highest BCUT2D eigenvalue weighted by Crippen LogP contribution is 2.29. The van der Waals surface area contributed by atoms with Crippen molar-refractivity contribution in [1.82, 2.24) is 24.4 Å². The summed E-state index contributed by atoms with van der Waals surface area (Å²) in [5.74, 6) is 0.0293. The molecule has 4 rings (SSSR count). The topological polar surface area (TPSA) is 110 Å². The summed E-state index contributed by atoms with van der Waals surface area (Å²) in [7, 11) is 0. The van der Waals surface area contributed by atoms with E-state index in [0.29, 0.717) is 37.1 Å². The maximum absolute atomic E-state index is 12.8. The number of nitrogens with zero attached hydrogens (tertiary/aromatic N) is 5. The summed E-state index contributed by atoms with van der Waals surface area (Å²) in [6, 6.07) is 0. The monoisotopic (exact) mass is 442 g/mol. The van der Waals surface area contributed by atoms with Crippen molar-refractivity contribution in [2.24, 2.45) is 0 Å². The number of aliphatic hydroxyl groups excluding tert-OH is 1. The van der Waals surface area contributed by atoms with Crippen molar-refractivity contribution in [2.75, 3.05) is 18.8 Å². The zero-order chi connectivity index (χ0) is 22.3. The summed E-state index contributed by atoms with van der Waals surface area (Å²) in [5, 5.41) is 10.6. The molecule has 0 bridgehead atoms. The number of β-amino-alcohol motifs (C(OH)–C–C–N with tert-alkyl or cyclic N) is 1. The number of aromatic nitrogens is 4. The maximum atomic E-state index is 12.8. The Kier molecular flexibility index (Phi) is 5.85. The standard InChI is InChI=1S/C22H27ClN6O2/c1-4-16-12(2)8-25-17(13(16)3)11-29-9-14(7-18(31)28-6-5-15(30)10-28)19-20(23)26-22(24)27-21(19)29/h8-9,15,30H,4-7,10-11H2,1-3H3,(H2,24,26,27)/t15-/m1/s1. The second-order valence-electron chi connectivity index (χ2n) is 8.16. The minimum absolute atomic E-state index is 0.0543. The first-order valence-corrected chi connectivity index (χ1v) is 10.9. The predicted octanol–water partition coefficient (Wildman–Crippen LogP) is 2.43. The van der Waals surface area contributed by atoms with Crippen LogP contribution in [0.3, 0.4) is 0 Å². The third-order valence-corrected chi connectivity index (χ3v) is 6.35. The molecule has 1 aliphatic rings. The van der Waals surface area contributed by atoms with Crippen LogP contribution in [-0.2, 0) is 24.2 Å². The lowest BCUT2D eigenvalue weighted by Crippen LogP contribution is -2.30. The van der Waals surface area contributed by atoms with Gasteiger partial charge in [-0.1, -0.05) is 18.5 Å². The van der Waals surface area contributed by atoms with Crippen molar-refractivity contribution in [3.8, 4) is 0 Å². The van der Waals surface area contributed by atoms with Gasteiger partial charge in [0, 0.05) is 25.5 Å². The predicted molar refractivity (Wildman–Crippen MR) is 120 cm³/mol. The van der Waals surface area contributed by atoms with E-state index in [9.17, 15) is 9.90 Å². The Bertz CT molecular complexity index is 1160. The van der Waals surface area contributed by atoms with Crippen LogP contribution in [0.4, 0.5) is 5.95 Å². The summed E-state index contributed by atoms with van der Waals surface area (Å²) >= 11 is 6.42. The van der Waals surface area contributed by atoms with Crippen LogP contribution in [0.2, 0.25) is 5.15 Å². The van der Waals surface area contributed by atoms with Crippen LogP contribution in [0, 0.1) is 13.8 Å². The number of carbonyl (C=O) groups excluding carboxylic acids is 1. The van der Waals surface area contributed by atoms with Crippen molar-refractivity contribution in [3.63, 3.8) is 0 Å². The van der Waals surface area contributed by atoms with Gasteiger partial charge >= 0.3 is 0 Å². The van der Waals surface area contributed by atoms with Crippen molar-refractivity contribution >= 4 is 34.5 Å². The summed E-state index contributed by atoms with van der Waals surface area (Å²) < 4.78 is 1.94. The van der Waals surface area contributed by atoms with Gasteiger partial charge in [0.05, 0.1) is 30.1 Å². The summed E-state index contributed by atoms with van der Waals surface area (Å²) in [6.07, 6.45) is 5.02. The van der Waals surface area contributed by atoms with Crippen molar-refractivity contribution in [2.45, 2.75) is 52.7 Å². The highest BCUT2D eigenvalue weighted by molar-refractivity contribution is 6.34. The number of nitrogens with two attached hydrogens (primary N) is 1. The molecule has 31 heavy (non-hydrogen) atoms. The summed E-state index contributed by atoms with van der Waals surface area (Å²) in [4.78, 5) is 27.6. The van der Waals surface area contributed by atoms with E-state index in [0.717, 1.165) is 23.2 Å². The van der Waals surface area contributed by atoms with Gasteiger partial charge in [0.25, 0.3) is 0 Å². The highest BCUT2D eigenvalue weighted by atomic mass is 35.5. The second-order valence-corrected chi connectivity index (χ2v) is 8.52. The van der Waals surface area contributed by atoms with Gasteiger partial charge in [0.1, 0.15) is 10.8 Å². The van der Waals surface area contributed by atoms with Crippen molar-refractivity contribution < 1.29 is 9.90 Å². The number of hydrogen-bond acceptors (Lipinski definition) is 6. The summed E-state index contributed by atoms with van der Waals surface area (Å²) in [5.41, 5.74) is 11.8. The molecule has 1 amide bonds. The number of rotatable bonds is 5. The van der Waals surface area contributed by atoms with E-state index in [1.54, 1.807) is 4.90 Å². The largest absolute Gasteiger partial charge is 0.391 e. The molecule has 0 unspecified atom stereocenters. The first kappa shape index (κ1) is 21.5. The number of carbonyl (C=O) groups is 1. The molecule has 0 aliphatic carbocycles. The fourth-order valence-electron chi connectivity index (χ4n) is 4.42. The molecule has 3 aromatic heterocycles. The lowest BCUT2D eigenvalue weighted by Gasteiger charge is -2.15. The van der Waals surface area contributed by atoms with E-state index >= 15 is 0 Å². The first-order valence-electron chi connectivity index (χ1n) is 10.5. The van der Waals surface area contributed by atoms with Crippen molar-refractivity contribution in [3.05, 3.63) is 45.5 Å². The lowest BCUT2D eigenvalue weighted by atomic mass is 10.0. The molecule has 164 valence electrons. The molecule has 0 radical (unpaired) electrons. The Labute approximate surface area is 186 Å². The molecule has 0 saturated carbocycles. The SMILES string of the molecule is CCc1c(C)cnc(Cn2cc(CC(=O)N3CC[C@@H](O)C3)c3c(Cl)nc(N)nc32)c1C. The average Bonchev–Trinajstić information content (AvgIpc) is 3.28. The molecule has 9 heteroatoms. The number of anilines is 1. The zero-order valence-corrected chi connectivity index (χ0v) is 18.8. The van der Waals surface area contributed by atoms with Gasteiger partial charge in [-0.15, -0.1) is 0 Å². The number of likely N-dealkylation sites (tertiary alicyclic amines) is 1. The molecule has 1 fully saturated rings. The van der Waals surface area contributed by atoms with E-state index in [4.69, 9.17) is 17.3 Å². The van der Waals surface area contributed by atoms with Crippen molar-refractivity contribution in [1.29, 1.82) is 0 Å². The minimum atomic E-state index is -0.458. The smallest absolute Gasteiger partial charge is 0.227 e. The van der Waals surface area contributed by atoms with Crippen LogP contribution in [0.25, 0.3) is 11.0 Å². The quantitative estimate of drug-likeness (QED) is 0.587. The number of fused-ring (bicyclic) bond motifs is 1. The Morgan fingerprint density at radius 2 is 2.13 bits per heavy atom. The Morgan fingerprint density at radius 3 is 2.81 bits per heavy atom. The number of hydrogen-bond donors (Lipinski definition) is 2. The van der Waals surface area contributed by atoms with E-state index in [1.807, 2.05) is 17.0 Å². The number of halogens is 1. The van der Waals surface area contributed by atoms with Gasteiger partial charge in [-0.2, -0.15) is 4.98 Å². The van der Waals surface area contributed by atoms with Crippen LogP contribution in [0.1, 0.15) is 41.3 Å². The van der Waals surface area contributed by atoms with Gasteiger partial charge in [-0.05, 0) is 48.9 Å². The normalized spacial score (nSPS) is 16.4. The maximum Gasteiger partial charge on any atom is 0.227 e. The molecule has 8 nitrogen and oxygen atoms in total. The van der Waals surface area contributed by atoms with Crippen LogP contribution in [0.5, 0.6) is 0 Å². The van der Waals surface area contributed by atoms with Crippen LogP contribution in [0.15, 0.2) is 12.4 Å². The summed E-state index contributed by atoms with van der Waals surface area (Å²) in [6.45, 7) is 7.69. The van der Waals surface area contributed by atoms with Gasteiger partial charge in [0.2, 0.25) is 11.9 Å². The van der Waals surface area contributed by atoms with Gasteiger partial charge < -0.3 is 20.3 Å². The fraction of sp³-hybridized carbons (Fsp3) is 0.455. The third kappa shape index (κ3) is 4.09. The van der Waals surface area contributed by atoms with Crippen LogP contribution < -0.4 is 5.73 Å². The highest BCUT2D eigenvalue weighted by Gasteiger charge is 2.26. The first-order chi connectivity index (χ1) is 14.8. The van der Waals surface area contributed by atoms with Gasteiger partial charge in [-0.3, -0.25) is 9.78 Å². The number of aryl methyl sites for hydroxylation is 1. The van der Waals surface area contributed by atoms with E-state index in [1.165, 1.54) is 11.1 Å². The Morgan fingerprint density at radius 1 is 1.35 bits per heavy atom. The molecule has 4 heterocycles. The zero-order valence-electron chi connectivity index (χ0n) is 18.0.